The van der Waals surface area contributed by atoms with Crippen molar-refractivity contribution >= 4 is 29.9 Å². The van der Waals surface area contributed by atoms with Crippen molar-refractivity contribution in [2.24, 2.45) is 10.9 Å². The minimum absolute atomic E-state index is 0. The van der Waals surface area contributed by atoms with Crippen molar-refractivity contribution in [1.82, 2.24) is 10.6 Å². The van der Waals surface area contributed by atoms with Gasteiger partial charge in [0, 0.05) is 13.1 Å². The van der Waals surface area contributed by atoms with Crippen molar-refractivity contribution in [1.29, 1.82) is 0 Å². The van der Waals surface area contributed by atoms with Crippen LogP contribution < -0.4 is 15.4 Å². The van der Waals surface area contributed by atoms with Crippen molar-refractivity contribution in [3.63, 3.8) is 0 Å². The lowest BCUT2D eigenvalue weighted by Crippen LogP contribution is -2.39. The molecule has 126 valence electrons. The molecule has 0 bridgehead atoms. The van der Waals surface area contributed by atoms with Crippen molar-refractivity contribution < 1.29 is 4.74 Å². The summed E-state index contributed by atoms with van der Waals surface area (Å²) in [5, 5.41) is 6.60. The fourth-order valence-corrected chi connectivity index (χ4v) is 1.76. The maximum absolute atomic E-state index is 5.64. The van der Waals surface area contributed by atoms with Crippen molar-refractivity contribution in [3.05, 3.63) is 29.8 Å². The SMILES string of the molecule is CCNC(=NCc1ccc(OC(C)C)cc1)NCC(C)C.I. The molecule has 0 radical (unpaired) electrons. The number of aliphatic imine (C=N–C) groups is 1. The molecule has 0 aromatic heterocycles. The molecular formula is C17H30IN3O. The molecule has 0 atom stereocenters. The molecule has 0 amide bonds. The quantitative estimate of drug-likeness (QED) is 0.402. The third kappa shape index (κ3) is 9.12. The molecule has 1 aromatic rings. The lowest BCUT2D eigenvalue weighted by Gasteiger charge is -2.13. The van der Waals surface area contributed by atoms with Gasteiger partial charge in [-0.1, -0.05) is 26.0 Å². The normalized spacial score (nSPS) is 11.3. The van der Waals surface area contributed by atoms with Crippen LogP contribution in [0, 0.1) is 5.92 Å². The van der Waals surface area contributed by atoms with Gasteiger partial charge in [-0.25, -0.2) is 4.99 Å². The number of hydrogen-bond acceptors (Lipinski definition) is 2. The predicted molar refractivity (Wildman–Crippen MR) is 105 cm³/mol. The van der Waals surface area contributed by atoms with Gasteiger partial charge in [0.15, 0.2) is 5.96 Å². The maximum atomic E-state index is 5.64. The smallest absolute Gasteiger partial charge is 0.191 e. The lowest BCUT2D eigenvalue weighted by atomic mass is 10.2. The van der Waals surface area contributed by atoms with Gasteiger partial charge < -0.3 is 15.4 Å². The summed E-state index contributed by atoms with van der Waals surface area (Å²) in [6.07, 6.45) is 0.203. The topological polar surface area (TPSA) is 45.7 Å². The third-order valence-electron chi connectivity index (χ3n) is 2.74. The van der Waals surface area contributed by atoms with Gasteiger partial charge in [0.1, 0.15) is 5.75 Å². The summed E-state index contributed by atoms with van der Waals surface area (Å²) in [4.78, 5) is 4.60. The molecule has 4 nitrogen and oxygen atoms in total. The van der Waals surface area contributed by atoms with Crippen LogP contribution in [0.25, 0.3) is 0 Å². The lowest BCUT2D eigenvalue weighted by molar-refractivity contribution is 0.242. The number of benzene rings is 1. The average Bonchev–Trinajstić information content (AvgIpc) is 2.43. The first-order valence-corrected chi connectivity index (χ1v) is 7.79. The molecule has 1 rings (SSSR count). The molecule has 0 aliphatic carbocycles. The Balaban J connectivity index is 0.00000441. The van der Waals surface area contributed by atoms with E-state index in [0.717, 1.165) is 24.8 Å². The predicted octanol–water partition coefficient (Wildman–Crippen LogP) is 3.80. The Bertz CT molecular complexity index is 430. The highest BCUT2D eigenvalue weighted by Crippen LogP contribution is 2.14. The second-order valence-electron chi connectivity index (χ2n) is 5.78. The van der Waals surface area contributed by atoms with E-state index in [-0.39, 0.29) is 30.1 Å². The summed E-state index contributed by atoms with van der Waals surface area (Å²) < 4.78 is 5.64. The van der Waals surface area contributed by atoms with Gasteiger partial charge in [0.2, 0.25) is 0 Å². The molecule has 0 saturated heterocycles. The molecule has 2 N–H and O–H groups in total. The first-order valence-electron chi connectivity index (χ1n) is 7.79. The Labute approximate surface area is 152 Å². The third-order valence-corrected chi connectivity index (χ3v) is 2.74. The zero-order valence-corrected chi connectivity index (χ0v) is 16.7. The number of guanidine groups is 1. The average molecular weight is 419 g/mol. The van der Waals surface area contributed by atoms with Crippen LogP contribution in [0.5, 0.6) is 5.75 Å². The van der Waals surface area contributed by atoms with E-state index in [9.17, 15) is 0 Å². The van der Waals surface area contributed by atoms with E-state index in [1.165, 1.54) is 5.56 Å². The minimum atomic E-state index is 0. The van der Waals surface area contributed by atoms with Gasteiger partial charge in [0.05, 0.1) is 12.6 Å². The number of ether oxygens (including phenoxy) is 1. The first kappa shape index (κ1) is 21.0. The molecule has 0 saturated carbocycles. The first-order chi connectivity index (χ1) is 10.0. The van der Waals surface area contributed by atoms with E-state index in [2.05, 4.69) is 48.5 Å². The molecule has 5 heteroatoms. The summed E-state index contributed by atoms with van der Waals surface area (Å²) in [5.74, 6) is 2.37. The molecule has 22 heavy (non-hydrogen) atoms. The Morgan fingerprint density at radius 1 is 1.09 bits per heavy atom. The van der Waals surface area contributed by atoms with Crippen LogP contribution in [0.15, 0.2) is 29.3 Å². The van der Waals surface area contributed by atoms with Crippen LogP contribution in [-0.4, -0.2) is 25.2 Å². The molecule has 0 aliphatic rings. The highest BCUT2D eigenvalue weighted by Gasteiger charge is 2.00. The van der Waals surface area contributed by atoms with E-state index in [1.807, 2.05) is 26.0 Å². The molecule has 0 aliphatic heterocycles. The van der Waals surface area contributed by atoms with Gasteiger partial charge >= 0.3 is 0 Å². The summed E-state index contributed by atoms with van der Waals surface area (Å²) in [6, 6.07) is 8.12. The Kier molecular flexibility index (Phi) is 11.1. The summed E-state index contributed by atoms with van der Waals surface area (Å²) in [6.45, 7) is 13.0. The van der Waals surface area contributed by atoms with Crippen LogP contribution in [0.4, 0.5) is 0 Å². The molecule has 0 heterocycles. The van der Waals surface area contributed by atoms with Crippen LogP contribution in [-0.2, 0) is 6.54 Å². The number of hydrogen-bond donors (Lipinski definition) is 2. The molecule has 0 unspecified atom stereocenters. The fraction of sp³-hybridized carbons (Fsp3) is 0.588. The standard InChI is InChI=1S/C17H29N3O.HI/c1-6-18-17(19-11-13(2)3)20-12-15-7-9-16(10-8-15)21-14(4)5;/h7-10,13-14H,6,11-12H2,1-5H3,(H2,18,19,20);1H. The second kappa shape index (κ2) is 11.6. The Hall–Kier alpha value is -0.980. The zero-order valence-electron chi connectivity index (χ0n) is 14.3. The van der Waals surface area contributed by atoms with Gasteiger partial charge in [-0.15, -0.1) is 24.0 Å². The molecular weight excluding hydrogens is 389 g/mol. The second-order valence-corrected chi connectivity index (χ2v) is 5.78. The van der Waals surface area contributed by atoms with E-state index in [0.29, 0.717) is 12.5 Å². The van der Waals surface area contributed by atoms with Crippen molar-refractivity contribution in [2.45, 2.75) is 47.3 Å². The largest absolute Gasteiger partial charge is 0.491 e. The summed E-state index contributed by atoms with van der Waals surface area (Å²) in [7, 11) is 0. The van der Waals surface area contributed by atoms with Crippen LogP contribution >= 0.6 is 24.0 Å². The van der Waals surface area contributed by atoms with Crippen molar-refractivity contribution in [2.75, 3.05) is 13.1 Å². The highest BCUT2D eigenvalue weighted by molar-refractivity contribution is 14.0. The molecule has 0 fully saturated rings. The zero-order chi connectivity index (χ0) is 15.7. The van der Waals surface area contributed by atoms with E-state index < -0.39 is 0 Å². The fourth-order valence-electron chi connectivity index (χ4n) is 1.76. The summed E-state index contributed by atoms with van der Waals surface area (Å²) in [5.41, 5.74) is 1.17. The molecule has 0 spiro atoms. The summed E-state index contributed by atoms with van der Waals surface area (Å²) >= 11 is 0. The maximum Gasteiger partial charge on any atom is 0.191 e. The van der Waals surface area contributed by atoms with Gasteiger partial charge in [-0.3, -0.25) is 0 Å². The monoisotopic (exact) mass is 419 g/mol. The number of halogens is 1. The van der Waals surface area contributed by atoms with E-state index in [4.69, 9.17) is 4.74 Å². The van der Waals surface area contributed by atoms with E-state index >= 15 is 0 Å². The van der Waals surface area contributed by atoms with Gasteiger partial charge in [-0.2, -0.15) is 0 Å². The number of rotatable bonds is 7. The minimum Gasteiger partial charge on any atom is -0.491 e. The van der Waals surface area contributed by atoms with Gasteiger partial charge in [-0.05, 0) is 44.4 Å². The van der Waals surface area contributed by atoms with Crippen LogP contribution in [0.2, 0.25) is 0 Å². The van der Waals surface area contributed by atoms with Crippen molar-refractivity contribution in [3.8, 4) is 5.75 Å². The van der Waals surface area contributed by atoms with Crippen LogP contribution in [0.1, 0.15) is 40.2 Å². The number of nitrogens with zero attached hydrogens (tertiary/aromatic N) is 1. The van der Waals surface area contributed by atoms with E-state index in [1.54, 1.807) is 0 Å². The van der Waals surface area contributed by atoms with Gasteiger partial charge in [0.25, 0.3) is 0 Å². The highest BCUT2D eigenvalue weighted by atomic mass is 127. The Morgan fingerprint density at radius 2 is 1.73 bits per heavy atom. The number of nitrogens with one attached hydrogen (secondary N) is 2. The molecule has 1 aromatic carbocycles. The van der Waals surface area contributed by atoms with Crippen LogP contribution in [0.3, 0.4) is 0 Å². The Morgan fingerprint density at radius 3 is 2.23 bits per heavy atom.